The fourth-order valence-corrected chi connectivity index (χ4v) is 2.87. The molecule has 7 heteroatoms. The van der Waals surface area contributed by atoms with Crippen molar-refractivity contribution in [3.8, 4) is 5.75 Å². The van der Waals surface area contributed by atoms with Crippen LogP contribution in [0.25, 0.3) is 0 Å². The average Bonchev–Trinajstić information content (AvgIpc) is 2.62. The Bertz CT molecular complexity index is 636. The van der Waals surface area contributed by atoms with E-state index in [4.69, 9.17) is 14.0 Å². The Morgan fingerprint density at radius 3 is 1.92 bits per heavy atom. The third-order valence-electron chi connectivity index (χ3n) is 3.84. The lowest BCUT2D eigenvalue weighted by molar-refractivity contribution is -0.137. The third kappa shape index (κ3) is 10.2. The standard InChI is InChI=1S/C19H28O6S/c1-2-19(20)25-16-10-8-6-4-3-5-7-9-15-24-17-11-13-18(14-12-17)26(21,22)23/h2,11-14H,1,3-10,15-16H2,(H,21,22,23). The lowest BCUT2D eigenvalue weighted by Gasteiger charge is -2.07. The summed E-state index contributed by atoms with van der Waals surface area (Å²) in [6.45, 7) is 4.39. The molecular weight excluding hydrogens is 356 g/mol. The lowest BCUT2D eigenvalue weighted by atomic mass is 10.1. The van der Waals surface area contributed by atoms with Gasteiger partial charge in [0, 0.05) is 6.08 Å². The Morgan fingerprint density at radius 1 is 0.923 bits per heavy atom. The largest absolute Gasteiger partial charge is 0.494 e. The fourth-order valence-electron chi connectivity index (χ4n) is 2.39. The van der Waals surface area contributed by atoms with Crippen LogP contribution in [0.5, 0.6) is 5.75 Å². The van der Waals surface area contributed by atoms with E-state index in [2.05, 4.69) is 6.58 Å². The average molecular weight is 384 g/mol. The minimum Gasteiger partial charge on any atom is -0.494 e. The minimum absolute atomic E-state index is 0.135. The second-order valence-electron chi connectivity index (χ2n) is 5.99. The van der Waals surface area contributed by atoms with Gasteiger partial charge in [-0.15, -0.1) is 0 Å². The van der Waals surface area contributed by atoms with Crippen LogP contribution in [0, 0.1) is 0 Å². The Labute approximate surface area is 156 Å². The highest BCUT2D eigenvalue weighted by Crippen LogP contribution is 2.16. The van der Waals surface area contributed by atoms with Crippen LogP contribution in [0.15, 0.2) is 41.8 Å². The van der Waals surface area contributed by atoms with Gasteiger partial charge >= 0.3 is 5.97 Å². The van der Waals surface area contributed by atoms with Crippen LogP contribution in [0.1, 0.15) is 51.4 Å². The van der Waals surface area contributed by atoms with Gasteiger partial charge in [0.15, 0.2) is 0 Å². The van der Waals surface area contributed by atoms with E-state index < -0.39 is 10.1 Å². The summed E-state index contributed by atoms with van der Waals surface area (Å²) in [5, 5.41) is 0. The first-order valence-corrected chi connectivity index (χ1v) is 10.4. The topological polar surface area (TPSA) is 89.9 Å². The van der Waals surface area contributed by atoms with Crippen LogP contribution in [0.3, 0.4) is 0 Å². The molecule has 0 saturated carbocycles. The van der Waals surface area contributed by atoms with Crippen LogP contribution >= 0.6 is 0 Å². The molecular formula is C19H28O6S. The predicted molar refractivity (Wildman–Crippen MR) is 99.8 cm³/mol. The zero-order valence-electron chi connectivity index (χ0n) is 15.1. The summed E-state index contributed by atoms with van der Waals surface area (Å²) in [6.07, 6.45) is 9.80. The number of hydrogen-bond donors (Lipinski definition) is 1. The first kappa shape index (κ1) is 22.2. The van der Waals surface area contributed by atoms with Gasteiger partial charge in [-0.2, -0.15) is 8.42 Å². The smallest absolute Gasteiger partial charge is 0.330 e. The Kier molecular flexibility index (Phi) is 10.7. The van der Waals surface area contributed by atoms with E-state index in [0.717, 1.165) is 38.5 Å². The Hall–Kier alpha value is -1.86. The first-order valence-electron chi connectivity index (χ1n) is 8.93. The maximum Gasteiger partial charge on any atom is 0.330 e. The molecule has 0 amide bonds. The van der Waals surface area contributed by atoms with Crippen molar-refractivity contribution in [3.63, 3.8) is 0 Å². The summed E-state index contributed by atoms with van der Waals surface area (Å²) in [4.78, 5) is 10.7. The molecule has 0 aromatic heterocycles. The molecule has 1 N–H and O–H groups in total. The zero-order chi connectivity index (χ0) is 19.3. The van der Waals surface area contributed by atoms with Gasteiger partial charge < -0.3 is 9.47 Å². The van der Waals surface area contributed by atoms with Crippen LogP contribution < -0.4 is 4.74 Å². The van der Waals surface area contributed by atoms with Crippen LogP contribution in [-0.4, -0.2) is 32.2 Å². The van der Waals surface area contributed by atoms with Crippen molar-refractivity contribution in [1.82, 2.24) is 0 Å². The molecule has 0 aliphatic rings. The number of ether oxygens (including phenoxy) is 2. The van der Waals surface area contributed by atoms with Gasteiger partial charge in [0.05, 0.1) is 18.1 Å². The Morgan fingerprint density at radius 2 is 1.42 bits per heavy atom. The summed E-state index contributed by atoms with van der Waals surface area (Å²) < 4.78 is 41.2. The summed E-state index contributed by atoms with van der Waals surface area (Å²) in [5.41, 5.74) is 0. The van der Waals surface area contributed by atoms with E-state index in [9.17, 15) is 13.2 Å². The Balaban J connectivity index is 1.95. The van der Waals surface area contributed by atoms with Crippen molar-refractivity contribution >= 4 is 16.1 Å². The van der Waals surface area contributed by atoms with E-state index in [-0.39, 0.29) is 10.9 Å². The highest BCUT2D eigenvalue weighted by molar-refractivity contribution is 7.85. The maximum atomic E-state index is 10.9. The SMILES string of the molecule is C=CC(=O)OCCCCCCCCCCOc1ccc(S(=O)(=O)O)cc1. The number of esters is 1. The van der Waals surface area contributed by atoms with E-state index in [1.54, 1.807) is 0 Å². The molecule has 1 rings (SSSR count). The molecule has 0 aliphatic heterocycles. The summed E-state index contributed by atoms with van der Waals surface area (Å²) >= 11 is 0. The molecule has 0 bridgehead atoms. The first-order chi connectivity index (χ1) is 12.4. The number of hydrogen-bond acceptors (Lipinski definition) is 5. The van der Waals surface area contributed by atoms with E-state index in [1.807, 2.05) is 0 Å². The summed E-state index contributed by atoms with van der Waals surface area (Å²) in [5.74, 6) is 0.233. The monoisotopic (exact) mass is 384 g/mol. The van der Waals surface area contributed by atoms with Crippen molar-refractivity contribution in [2.45, 2.75) is 56.3 Å². The van der Waals surface area contributed by atoms with Gasteiger partial charge in [-0.25, -0.2) is 4.79 Å². The molecule has 0 atom stereocenters. The van der Waals surface area contributed by atoms with E-state index in [1.165, 1.54) is 43.2 Å². The molecule has 0 saturated heterocycles. The molecule has 146 valence electrons. The predicted octanol–water partition coefficient (Wildman–Crippen LogP) is 4.16. The fraction of sp³-hybridized carbons (Fsp3) is 0.526. The van der Waals surface area contributed by atoms with Gasteiger partial charge in [0.1, 0.15) is 5.75 Å². The van der Waals surface area contributed by atoms with E-state index >= 15 is 0 Å². The van der Waals surface area contributed by atoms with Gasteiger partial charge in [-0.1, -0.05) is 45.1 Å². The van der Waals surface area contributed by atoms with Crippen LogP contribution in [-0.2, 0) is 19.6 Å². The molecule has 0 aliphatic carbocycles. The number of unbranched alkanes of at least 4 members (excludes halogenated alkanes) is 7. The van der Waals surface area contributed by atoms with Gasteiger partial charge in [0.2, 0.25) is 0 Å². The minimum atomic E-state index is -4.15. The molecule has 1 aromatic carbocycles. The second-order valence-corrected chi connectivity index (χ2v) is 7.42. The number of rotatable bonds is 14. The molecule has 0 spiro atoms. The number of carbonyl (C=O) groups excluding carboxylic acids is 1. The third-order valence-corrected chi connectivity index (χ3v) is 4.71. The van der Waals surface area contributed by atoms with Crippen molar-refractivity contribution in [3.05, 3.63) is 36.9 Å². The maximum absolute atomic E-state index is 10.9. The molecule has 26 heavy (non-hydrogen) atoms. The van der Waals surface area contributed by atoms with Crippen molar-refractivity contribution < 1.29 is 27.2 Å². The highest BCUT2D eigenvalue weighted by atomic mass is 32.2. The van der Waals surface area contributed by atoms with E-state index in [0.29, 0.717) is 19.0 Å². The van der Waals surface area contributed by atoms with Gasteiger partial charge in [0.25, 0.3) is 10.1 Å². The van der Waals surface area contributed by atoms with Crippen LogP contribution in [0.2, 0.25) is 0 Å². The summed E-state index contributed by atoms with van der Waals surface area (Å²) in [7, 11) is -4.15. The molecule has 6 nitrogen and oxygen atoms in total. The number of benzene rings is 1. The van der Waals surface area contributed by atoms with Gasteiger partial charge in [-0.3, -0.25) is 4.55 Å². The molecule has 0 fully saturated rings. The molecule has 1 aromatic rings. The highest BCUT2D eigenvalue weighted by Gasteiger charge is 2.08. The van der Waals surface area contributed by atoms with Crippen molar-refractivity contribution in [1.29, 1.82) is 0 Å². The molecule has 0 unspecified atom stereocenters. The van der Waals surface area contributed by atoms with Gasteiger partial charge in [-0.05, 0) is 37.1 Å². The second kappa shape index (κ2) is 12.5. The van der Waals surface area contributed by atoms with Crippen molar-refractivity contribution in [2.75, 3.05) is 13.2 Å². The quantitative estimate of drug-likeness (QED) is 0.224. The van der Waals surface area contributed by atoms with Crippen LogP contribution in [0.4, 0.5) is 0 Å². The van der Waals surface area contributed by atoms with Crippen molar-refractivity contribution in [2.24, 2.45) is 0 Å². The normalized spacial score (nSPS) is 11.1. The molecule has 0 radical (unpaired) electrons. The molecule has 0 heterocycles. The number of carbonyl (C=O) groups is 1. The zero-order valence-corrected chi connectivity index (χ0v) is 15.9. The lowest BCUT2D eigenvalue weighted by Crippen LogP contribution is -2.01. The summed E-state index contributed by atoms with van der Waals surface area (Å²) in [6, 6.07) is 5.72.